The smallest absolute Gasteiger partial charge is 0.304 e. The van der Waals surface area contributed by atoms with Crippen LogP contribution in [0.1, 0.15) is 65.2 Å². The Morgan fingerprint density at radius 3 is 2.21 bits per heavy atom. The lowest BCUT2D eigenvalue weighted by Gasteiger charge is -2.06. The zero-order valence-corrected chi connectivity index (χ0v) is 12.3. The van der Waals surface area contributed by atoms with Crippen molar-refractivity contribution in [3.05, 3.63) is 24.3 Å². The van der Waals surface area contributed by atoms with E-state index in [9.17, 15) is 9.90 Å². The molecule has 0 rings (SSSR count). The van der Waals surface area contributed by atoms with Crippen LogP contribution < -0.4 is 0 Å². The number of aliphatic hydroxyl groups is 1. The van der Waals surface area contributed by atoms with Crippen molar-refractivity contribution in [2.45, 2.75) is 71.5 Å². The highest BCUT2D eigenvalue weighted by Crippen LogP contribution is 2.08. The Balaban J connectivity index is 3.27. The second kappa shape index (κ2) is 13.3. The van der Waals surface area contributed by atoms with E-state index in [1.807, 2.05) is 12.2 Å². The van der Waals surface area contributed by atoms with Gasteiger partial charge in [-0.05, 0) is 32.6 Å². The SMILES string of the molecule is C/C=C/CCCCCCC/C=C/CC(O)OC(C)=O. The molecule has 0 aromatic carbocycles. The number of carbonyl (C=O) groups excluding carboxylic acids is 1. The van der Waals surface area contributed by atoms with E-state index in [1.54, 1.807) is 0 Å². The summed E-state index contributed by atoms with van der Waals surface area (Å²) in [6, 6.07) is 0. The number of esters is 1. The van der Waals surface area contributed by atoms with Gasteiger partial charge in [-0.2, -0.15) is 0 Å². The highest BCUT2D eigenvalue weighted by molar-refractivity contribution is 5.66. The summed E-state index contributed by atoms with van der Waals surface area (Å²) >= 11 is 0. The van der Waals surface area contributed by atoms with Crippen molar-refractivity contribution in [2.75, 3.05) is 0 Å². The van der Waals surface area contributed by atoms with Crippen LogP contribution in [-0.4, -0.2) is 17.4 Å². The van der Waals surface area contributed by atoms with Crippen LogP contribution in [0.25, 0.3) is 0 Å². The van der Waals surface area contributed by atoms with Crippen LogP contribution in [0, 0.1) is 0 Å². The predicted molar refractivity (Wildman–Crippen MR) is 78.7 cm³/mol. The monoisotopic (exact) mass is 268 g/mol. The number of aliphatic hydroxyl groups excluding tert-OH is 1. The normalized spacial score (nSPS) is 13.2. The van der Waals surface area contributed by atoms with E-state index in [2.05, 4.69) is 23.8 Å². The minimum atomic E-state index is -1.000. The number of rotatable bonds is 11. The Hall–Kier alpha value is -1.09. The molecule has 0 saturated carbocycles. The van der Waals surface area contributed by atoms with Crippen molar-refractivity contribution >= 4 is 5.97 Å². The van der Waals surface area contributed by atoms with Gasteiger partial charge in [-0.3, -0.25) is 4.79 Å². The van der Waals surface area contributed by atoms with Crippen molar-refractivity contribution in [3.8, 4) is 0 Å². The van der Waals surface area contributed by atoms with Crippen molar-refractivity contribution in [3.63, 3.8) is 0 Å². The van der Waals surface area contributed by atoms with Crippen LogP contribution in [0.5, 0.6) is 0 Å². The van der Waals surface area contributed by atoms with Gasteiger partial charge >= 0.3 is 5.97 Å². The lowest BCUT2D eigenvalue weighted by Crippen LogP contribution is -2.13. The number of allylic oxidation sites excluding steroid dienone is 3. The van der Waals surface area contributed by atoms with Crippen LogP contribution in [0.4, 0.5) is 0 Å². The van der Waals surface area contributed by atoms with Gasteiger partial charge in [0.2, 0.25) is 6.29 Å². The minimum Gasteiger partial charge on any atom is -0.436 e. The molecule has 0 aliphatic heterocycles. The molecular weight excluding hydrogens is 240 g/mol. The molecule has 3 nitrogen and oxygen atoms in total. The molecule has 0 amide bonds. The Morgan fingerprint density at radius 1 is 1.05 bits per heavy atom. The van der Waals surface area contributed by atoms with Gasteiger partial charge in [0, 0.05) is 13.3 Å². The van der Waals surface area contributed by atoms with Crippen LogP contribution >= 0.6 is 0 Å². The molecule has 0 aliphatic rings. The molecule has 3 heteroatoms. The first-order chi connectivity index (χ1) is 9.16. The van der Waals surface area contributed by atoms with E-state index < -0.39 is 12.3 Å². The Kier molecular flexibility index (Phi) is 12.6. The van der Waals surface area contributed by atoms with Crippen molar-refractivity contribution in [1.82, 2.24) is 0 Å². The van der Waals surface area contributed by atoms with E-state index in [-0.39, 0.29) is 0 Å². The van der Waals surface area contributed by atoms with Crippen molar-refractivity contribution in [1.29, 1.82) is 0 Å². The zero-order chi connectivity index (χ0) is 14.3. The topological polar surface area (TPSA) is 46.5 Å². The third-order valence-corrected chi connectivity index (χ3v) is 2.78. The fraction of sp³-hybridized carbons (Fsp3) is 0.688. The second-order valence-corrected chi connectivity index (χ2v) is 4.69. The Morgan fingerprint density at radius 2 is 1.63 bits per heavy atom. The Bertz CT molecular complexity index is 269. The van der Waals surface area contributed by atoms with E-state index in [1.165, 1.54) is 45.4 Å². The van der Waals surface area contributed by atoms with Crippen molar-refractivity contribution < 1.29 is 14.6 Å². The summed E-state index contributed by atoms with van der Waals surface area (Å²) in [6.07, 6.45) is 16.2. The summed E-state index contributed by atoms with van der Waals surface area (Å²) in [5.74, 6) is -0.446. The number of hydrogen-bond donors (Lipinski definition) is 1. The fourth-order valence-electron chi connectivity index (χ4n) is 1.79. The van der Waals surface area contributed by atoms with Gasteiger partial charge in [-0.25, -0.2) is 0 Å². The van der Waals surface area contributed by atoms with Gasteiger partial charge < -0.3 is 9.84 Å². The second-order valence-electron chi connectivity index (χ2n) is 4.69. The zero-order valence-electron chi connectivity index (χ0n) is 12.3. The minimum absolute atomic E-state index is 0.378. The van der Waals surface area contributed by atoms with Crippen molar-refractivity contribution in [2.24, 2.45) is 0 Å². The first kappa shape index (κ1) is 17.9. The molecule has 0 radical (unpaired) electrons. The largest absolute Gasteiger partial charge is 0.436 e. The highest BCUT2D eigenvalue weighted by atomic mass is 16.6. The molecule has 0 heterocycles. The fourth-order valence-corrected chi connectivity index (χ4v) is 1.79. The summed E-state index contributed by atoms with van der Waals surface area (Å²) in [5.41, 5.74) is 0. The maximum atomic E-state index is 10.5. The summed E-state index contributed by atoms with van der Waals surface area (Å²) in [4.78, 5) is 10.5. The number of ether oxygens (including phenoxy) is 1. The summed E-state index contributed by atoms with van der Waals surface area (Å²) in [7, 11) is 0. The van der Waals surface area contributed by atoms with Crippen LogP contribution in [0.2, 0.25) is 0 Å². The molecule has 19 heavy (non-hydrogen) atoms. The van der Waals surface area contributed by atoms with Crippen LogP contribution in [0.15, 0.2) is 24.3 Å². The molecule has 0 spiro atoms. The van der Waals surface area contributed by atoms with Gasteiger partial charge in [0.15, 0.2) is 0 Å². The van der Waals surface area contributed by atoms with Gasteiger partial charge in [0.05, 0.1) is 0 Å². The lowest BCUT2D eigenvalue weighted by atomic mass is 10.1. The molecule has 0 aromatic heterocycles. The first-order valence-electron chi connectivity index (χ1n) is 7.28. The van der Waals surface area contributed by atoms with Crippen LogP contribution in [0.3, 0.4) is 0 Å². The summed E-state index contributed by atoms with van der Waals surface area (Å²) in [6.45, 7) is 3.36. The van der Waals surface area contributed by atoms with Gasteiger partial charge in [-0.1, -0.05) is 43.6 Å². The third-order valence-electron chi connectivity index (χ3n) is 2.78. The first-order valence-corrected chi connectivity index (χ1v) is 7.28. The molecule has 0 aromatic rings. The number of carbonyl (C=O) groups is 1. The van der Waals surface area contributed by atoms with Gasteiger partial charge in [0.1, 0.15) is 0 Å². The quantitative estimate of drug-likeness (QED) is 0.265. The van der Waals surface area contributed by atoms with Crippen LogP contribution in [-0.2, 0) is 9.53 Å². The number of unbranched alkanes of at least 4 members (excludes halogenated alkanes) is 6. The van der Waals surface area contributed by atoms with E-state index >= 15 is 0 Å². The van der Waals surface area contributed by atoms with E-state index in [4.69, 9.17) is 0 Å². The van der Waals surface area contributed by atoms with Gasteiger partial charge in [-0.15, -0.1) is 0 Å². The molecule has 0 saturated heterocycles. The molecule has 1 N–H and O–H groups in total. The number of hydrogen-bond acceptors (Lipinski definition) is 3. The molecule has 0 aliphatic carbocycles. The third kappa shape index (κ3) is 14.9. The molecule has 110 valence electrons. The standard InChI is InChI=1S/C16H28O3/c1-3-4-5-6-7-8-9-10-11-12-13-14-16(18)19-15(2)17/h3-4,12-13,16,18H,5-11,14H2,1-2H3/b4-3+,13-12+. The maximum absolute atomic E-state index is 10.5. The highest BCUT2D eigenvalue weighted by Gasteiger charge is 2.03. The summed E-state index contributed by atoms with van der Waals surface area (Å²) in [5, 5.41) is 9.26. The maximum Gasteiger partial charge on any atom is 0.304 e. The average Bonchev–Trinajstić information content (AvgIpc) is 2.35. The molecule has 0 bridgehead atoms. The van der Waals surface area contributed by atoms with E-state index in [0.29, 0.717) is 6.42 Å². The Labute approximate surface area is 117 Å². The average molecular weight is 268 g/mol. The lowest BCUT2D eigenvalue weighted by molar-refractivity contribution is -0.164. The molecule has 1 unspecified atom stereocenters. The van der Waals surface area contributed by atoms with E-state index in [0.717, 1.165) is 6.42 Å². The molecule has 1 atom stereocenters. The molecule has 0 fully saturated rings. The molecular formula is C16H28O3. The summed E-state index contributed by atoms with van der Waals surface area (Å²) < 4.78 is 4.60. The van der Waals surface area contributed by atoms with Gasteiger partial charge in [0.25, 0.3) is 0 Å². The predicted octanol–water partition coefficient (Wildman–Crippen LogP) is 4.12.